The van der Waals surface area contributed by atoms with E-state index in [0.29, 0.717) is 6.92 Å². The molecule has 1 aromatic carbocycles. The molecule has 0 unspecified atom stereocenters. The lowest BCUT2D eigenvalue weighted by Crippen LogP contribution is -2.14. The van der Waals surface area contributed by atoms with E-state index in [1.165, 1.54) is 0 Å². The molecule has 0 aromatic heterocycles. The Hall–Kier alpha value is -1.44. The number of hydrogen-bond acceptors (Lipinski definition) is 2. The van der Waals surface area contributed by atoms with Crippen LogP contribution in [-0.2, 0) is 6.18 Å². The Morgan fingerprint density at radius 1 is 1.24 bits per heavy atom. The van der Waals surface area contributed by atoms with Crippen molar-refractivity contribution in [2.45, 2.75) is 13.1 Å². The van der Waals surface area contributed by atoms with Crippen molar-refractivity contribution < 1.29 is 26.9 Å². The summed E-state index contributed by atoms with van der Waals surface area (Å²) in [5.41, 5.74) is -4.41. The Balaban J connectivity index is 3.77. The van der Waals surface area contributed by atoms with Crippen LogP contribution in [0.25, 0.3) is 0 Å². The molecule has 3 nitrogen and oxygen atoms in total. The number of halogens is 6. The quantitative estimate of drug-likeness (QED) is 0.338. The number of hydrogen-bond donors (Lipinski definition) is 0. The van der Waals surface area contributed by atoms with Gasteiger partial charge < -0.3 is 0 Å². The summed E-state index contributed by atoms with van der Waals surface area (Å²) in [5.74, 6) is -4.22. The number of benzene rings is 1. The highest BCUT2D eigenvalue weighted by Crippen LogP contribution is 2.42. The Morgan fingerprint density at radius 3 is 2.06 bits per heavy atom. The van der Waals surface area contributed by atoms with Gasteiger partial charge in [0.15, 0.2) is 10.8 Å². The smallest absolute Gasteiger partial charge is 0.258 e. The van der Waals surface area contributed by atoms with E-state index in [1.807, 2.05) is 0 Å². The molecule has 0 saturated heterocycles. The van der Waals surface area contributed by atoms with E-state index in [9.17, 15) is 32.1 Å². The molecule has 0 atom stereocenters. The fraction of sp³-hybridized carbons (Fsp3) is 0.250. The van der Waals surface area contributed by atoms with E-state index in [2.05, 4.69) is 0 Å². The molecule has 0 amide bonds. The summed E-state index contributed by atoms with van der Waals surface area (Å²) in [6.07, 6.45) is -5.32. The number of nitro groups is 1. The molecule has 1 rings (SSSR count). The summed E-state index contributed by atoms with van der Waals surface area (Å²) in [6.45, 7) is 0.716. The van der Waals surface area contributed by atoms with E-state index in [0.717, 1.165) is 0 Å². The zero-order valence-electron chi connectivity index (χ0n) is 8.03. The van der Waals surface area contributed by atoms with Gasteiger partial charge in [-0.15, -0.1) is 0 Å². The second kappa shape index (κ2) is 4.10. The van der Waals surface area contributed by atoms with Crippen LogP contribution >= 0.6 is 11.6 Å². The molecular formula is C8H3ClF5NO2. The Labute approximate surface area is 95.9 Å². The summed E-state index contributed by atoms with van der Waals surface area (Å²) in [6, 6.07) is 0. The van der Waals surface area contributed by atoms with Crippen LogP contribution in [0, 0.1) is 28.7 Å². The van der Waals surface area contributed by atoms with E-state index < -0.39 is 44.6 Å². The van der Waals surface area contributed by atoms with Crippen LogP contribution in [-0.4, -0.2) is 4.92 Å². The van der Waals surface area contributed by atoms with Crippen molar-refractivity contribution in [2.75, 3.05) is 0 Å². The van der Waals surface area contributed by atoms with Gasteiger partial charge in [0.25, 0.3) is 5.69 Å². The third kappa shape index (κ3) is 2.17. The number of nitro benzene ring substituents is 1. The number of rotatable bonds is 1. The van der Waals surface area contributed by atoms with Gasteiger partial charge in [-0.1, -0.05) is 11.6 Å². The van der Waals surface area contributed by atoms with Crippen LogP contribution in [0.2, 0.25) is 5.02 Å². The molecule has 0 radical (unpaired) electrons. The zero-order chi connectivity index (χ0) is 13.5. The normalized spacial score (nSPS) is 11.7. The second-order valence-electron chi connectivity index (χ2n) is 3.05. The minimum Gasteiger partial charge on any atom is -0.258 e. The number of nitrogens with zero attached hydrogens (tertiary/aromatic N) is 1. The maximum absolute atomic E-state index is 13.2. The van der Waals surface area contributed by atoms with Crippen LogP contribution in [0.4, 0.5) is 27.6 Å². The Kier molecular flexibility index (Phi) is 3.28. The largest absolute Gasteiger partial charge is 0.422 e. The molecule has 0 spiro atoms. The van der Waals surface area contributed by atoms with Crippen molar-refractivity contribution in [1.29, 1.82) is 0 Å². The van der Waals surface area contributed by atoms with Crippen LogP contribution in [0.15, 0.2) is 0 Å². The average molecular weight is 276 g/mol. The van der Waals surface area contributed by atoms with Crippen LogP contribution < -0.4 is 0 Å². The minimum atomic E-state index is -5.32. The predicted octanol–water partition coefficient (Wildman–Crippen LogP) is 3.85. The molecule has 1 aromatic rings. The standard InChI is InChI=1S/C8H3ClF5NO2/c1-2-5(10)3(8(12,13)14)6(11)4(9)7(2)15(16)17/h1H3. The van der Waals surface area contributed by atoms with Crippen molar-refractivity contribution >= 4 is 17.3 Å². The van der Waals surface area contributed by atoms with Gasteiger partial charge in [-0.2, -0.15) is 13.2 Å². The molecule has 9 heteroatoms. The first-order chi connectivity index (χ1) is 7.59. The van der Waals surface area contributed by atoms with Gasteiger partial charge in [-0.25, -0.2) is 8.78 Å². The SMILES string of the molecule is Cc1c(F)c(C(F)(F)F)c(F)c(Cl)c1[N+](=O)[O-]. The van der Waals surface area contributed by atoms with Gasteiger partial charge in [-0.05, 0) is 6.92 Å². The average Bonchev–Trinajstić information content (AvgIpc) is 2.12. The lowest BCUT2D eigenvalue weighted by molar-refractivity contribution is -0.385. The van der Waals surface area contributed by atoms with E-state index >= 15 is 0 Å². The maximum atomic E-state index is 13.2. The fourth-order valence-corrected chi connectivity index (χ4v) is 1.54. The maximum Gasteiger partial charge on any atom is 0.422 e. The molecule has 17 heavy (non-hydrogen) atoms. The van der Waals surface area contributed by atoms with Crippen molar-refractivity contribution in [3.8, 4) is 0 Å². The topological polar surface area (TPSA) is 43.1 Å². The van der Waals surface area contributed by atoms with Gasteiger partial charge in [0.2, 0.25) is 0 Å². The Morgan fingerprint density at radius 2 is 1.71 bits per heavy atom. The number of alkyl halides is 3. The summed E-state index contributed by atoms with van der Waals surface area (Å²) in [5, 5.41) is 9.05. The first-order valence-corrected chi connectivity index (χ1v) is 4.35. The predicted molar refractivity (Wildman–Crippen MR) is 47.8 cm³/mol. The highest BCUT2D eigenvalue weighted by molar-refractivity contribution is 6.33. The summed E-state index contributed by atoms with van der Waals surface area (Å²) < 4.78 is 63.3. The molecular weight excluding hydrogens is 273 g/mol. The summed E-state index contributed by atoms with van der Waals surface area (Å²) >= 11 is 5.09. The molecule has 0 N–H and O–H groups in total. The molecule has 94 valence electrons. The van der Waals surface area contributed by atoms with Crippen molar-refractivity contribution in [3.05, 3.63) is 37.9 Å². The molecule has 0 aliphatic carbocycles. The zero-order valence-corrected chi connectivity index (χ0v) is 8.79. The highest BCUT2D eigenvalue weighted by Gasteiger charge is 2.42. The van der Waals surface area contributed by atoms with Gasteiger partial charge in [-0.3, -0.25) is 10.1 Å². The Bertz CT molecular complexity index is 471. The lowest BCUT2D eigenvalue weighted by atomic mass is 10.1. The van der Waals surface area contributed by atoms with Gasteiger partial charge in [0.1, 0.15) is 11.4 Å². The fourth-order valence-electron chi connectivity index (χ4n) is 1.23. The lowest BCUT2D eigenvalue weighted by Gasteiger charge is -2.12. The monoisotopic (exact) mass is 275 g/mol. The molecule has 0 aliphatic rings. The van der Waals surface area contributed by atoms with Gasteiger partial charge >= 0.3 is 6.18 Å². The van der Waals surface area contributed by atoms with Gasteiger partial charge in [0, 0.05) is 0 Å². The van der Waals surface area contributed by atoms with Crippen LogP contribution in [0.3, 0.4) is 0 Å². The molecule has 0 saturated carbocycles. The third-order valence-electron chi connectivity index (χ3n) is 1.99. The van der Waals surface area contributed by atoms with Crippen molar-refractivity contribution in [1.82, 2.24) is 0 Å². The van der Waals surface area contributed by atoms with Gasteiger partial charge in [0.05, 0.1) is 10.5 Å². The summed E-state index contributed by atoms with van der Waals surface area (Å²) in [4.78, 5) is 9.17. The van der Waals surface area contributed by atoms with E-state index in [1.54, 1.807) is 0 Å². The first-order valence-electron chi connectivity index (χ1n) is 3.97. The molecule has 0 fully saturated rings. The molecule has 0 aliphatic heterocycles. The van der Waals surface area contributed by atoms with E-state index in [-0.39, 0.29) is 0 Å². The first kappa shape index (κ1) is 13.6. The minimum absolute atomic E-state index is 0.716. The van der Waals surface area contributed by atoms with Crippen LogP contribution in [0.1, 0.15) is 11.1 Å². The van der Waals surface area contributed by atoms with Crippen molar-refractivity contribution in [2.24, 2.45) is 0 Å². The molecule has 0 heterocycles. The summed E-state index contributed by atoms with van der Waals surface area (Å²) in [7, 11) is 0. The molecule has 0 bridgehead atoms. The second-order valence-corrected chi connectivity index (χ2v) is 3.42. The highest BCUT2D eigenvalue weighted by atomic mass is 35.5. The van der Waals surface area contributed by atoms with Crippen molar-refractivity contribution in [3.63, 3.8) is 0 Å². The third-order valence-corrected chi connectivity index (χ3v) is 2.34. The van der Waals surface area contributed by atoms with E-state index in [4.69, 9.17) is 11.6 Å². The van der Waals surface area contributed by atoms with Crippen LogP contribution in [0.5, 0.6) is 0 Å².